The van der Waals surface area contributed by atoms with Crippen molar-refractivity contribution in [2.45, 2.75) is 6.04 Å². The Kier molecular flexibility index (Phi) is 2.92. The van der Waals surface area contributed by atoms with Crippen molar-refractivity contribution in [3.63, 3.8) is 0 Å². The van der Waals surface area contributed by atoms with Crippen LogP contribution in [0.2, 0.25) is 0 Å². The Balaban J connectivity index is 2.27. The summed E-state index contributed by atoms with van der Waals surface area (Å²) in [7, 11) is 1.56. The first kappa shape index (κ1) is 11.0. The number of nitrogens with zero attached hydrogens (tertiary/aromatic N) is 2. The van der Waals surface area contributed by atoms with Gasteiger partial charge in [0.25, 0.3) is 5.91 Å². The first-order valence-electron chi connectivity index (χ1n) is 4.92. The van der Waals surface area contributed by atoms with Gasteiger partial charge in [-0.15, -0.1) is 0 Å². The van der Waals surface area contributed by atoms with Crippen LogP contribution in [0.4, 0.5) is 0 Å². The monoisotopic (exact) mass is 230 g/mol. The molecule has 1 aromatic carbocycles. The first-order valence-corrected chi connectivity index (χ1v) is 4.92. The zero-order valence-electron chi connectivity index (χ0n) is 9.10. The standard InChI is InChI=1S/C11H10N4O2/c1-17-8-4-2-3-7(5-8)9-10(16)15-11(14-9)13-6-12/h2-5,9H,1H3,(H2,13,14,15,16). The summed E-state index contributed by atoms with van der Waals surface area (Å²) in [5, 5.41) is 13.2. The molecule has 1 aliphatic heterocycles. The molecular weight excluding hydrogens is 220 g/mol. The van der Waals surface area contributed by atoms with Gasteiger partial charge in [0.15, 0.2) is 12.2 Å². The Morgan fingerprint density at radius 2 is 2.41 bits per heavy atom. The second kappa shape index (κ2) is 4.53. The third kappa shape index (κ3) is 2.18. The fraction of sp³-hybridized carbons (Fsp3) is 0.182. The normalized spacial score (nSPS) is 18.0. The van der Waals surface area contributed by atoms with Crippen molar-refractivity contribution < 1.29 is 9.53 Å². The lowest BCUT2D eigenvalue weighted by Crippen LogP contribution is -2.33. The largest absolute Gasteiger partial charge is 0.497 e. The van der Waals surface area contributed by atoms with Crippen LogP contribution in [0.5, 0.6) is 5.75 Å². The van der Waals surface area contributed by atoms with Crippen LogP contribution in [0.3, 0.4) is 0 Å². The summed E-state index contributed by atoms with van der Waals surface area (Å²) in [6.45, 7) is 0. The number of hydrogen-bond donors (Lipinski definition) is 2. The van der Waals surface area contributed by atoms with Crippen LogP contribution in [0.1, 0.15) is 11.6 Å². The van der Waals surface area contributed by atoms with Crippen LogP contribution in [-0.2, 0) is 4.79 Å². The molecule has 2 rings (SSSR count). The molecule has 1 aliphatic rings. The summed E-state index contributed by atoms with van der Waals surface area (Å²) < 4.78 is 5.08. The predicted octanol–water partition coefficient (Wildman–Crippen LogP) is 0.293. The minimum atomic E-state index is -0.638. The maximum absolute atomic E-state index is 11.6. The fourth-order valence-corrected chi connectivity index (χ4v) is 1.56. The van der Waals surface area contributed by atoms with Crippen molar-refractivity contribution in [3.05, 3.63) is 29.8 Å². The molecule has 0 saturated heterocycles. The van der Waals surface area contributed by atoms with Gasteiger partial charge in [0.05, 0.1) is 7.11 Å². The molecule has 0 aliphatic carbocycles. The smallest absolute Gasteiger partial charge is 0.256 e. The number of methoxy groups -OCH3 is 1. The van der Waals surface area contributed by atoms with Gasteiger partial charge in [0.2, 0.25) is 5.96 Å². The number of carbonyl (C=O) groups excluding carboxylic acids is 1. The Morgan fingerprint density at radius 3 is 3.12 bits per heavy atom. The molecule has 0 aromatic heterocycles. The van der Waals surface area contributed by atoms with Gasteiger partial charge in [0, 0.05) is 0 Å². The number of carbonyl (C=O) groups is 1. The first-order chi connectivity index (χ1) is 8.24. The number of nitriles is 1. The third-order valence-corrected chi connectivity index (χ3v) is 2.33. The number of nitrogens with one attached hydrogen (secondary N) is 2. The minimum absolute atomic E-state index is 0.172. The van der Waals surface area contributed by atoms with Crippen molar-refractivity contribution in [3.8, 4) is 11.9 Å². The van der Waals surface area contributed by atoms with Gasteiger partial charge in [-0.2, -0.15) is 5.26 Å². The van der Waals surface area contributed by atoms with Gasteiger partial charge >= 0.3 is 0 Å². The van der Waals surface area contributed by atoms with Crippen molar-refractivity contribution in [2.75, 3.05) is 7.11 Å². The molecule has 0 spiro atoms. The summed E-state index contributed by atoms with van der Waals surface area (Å²) in [5.74, 6) is 0.563. The average Bonchev–Trinajstić information content (AvgIpc) is 2.71. The Hall–Kier alpha value is -2.55. The highest BCUT2D eigenvalue weighted by atomic mass is 16.5. The van der Waals surface area contributed by atoms with E-state index >= 15 is 0 Å². The molecule has 1 heterocycles. The van der Waals surface area contributed by atoms with Crippen LogP contribution in [0, 0.1) is 11.5 Å². The summed E-state index contributed by atoms with van der Waals surface area (Å²) in [4.78, 5) is 15.7. The second-order valence-corrected chi connectivity index (χ2v) is 3.38. The Morgan fingerprint density at radius 1 is 1.59 bits per heavy atom. The predicted molar refractivity (Wildman–Crippen MR) is 60.1 cm³/mol. The van der Waals surface area contributed by atoms with E-state index in [1.165, 1.54) is 0 Å². The zero-order valence-corrected chi connectivity index (χ0v) is 9.10. The zero-order chi connectivity index (χ0) is 12.3. The molecule has 6 heteroatoms. The van der Waals surface area contributed by atoms with E-state index in [-0.39, 0.29) is 11.9 Å². The Labute approximate surface area is 97.9 Å². The maximum atomic E-state index is 11.6. The molecule has 1 atom stereocenters. The molecule has 6 nitrogen and oxygen atoms in total. The van der Waals surface area contributed by atoms with Crippen LogP contribution in [-0.4, -0.2) is 19.0 Å². The Bertz CT molecular complexity index is 518. The van der Waals surface area contributed by atoms with Crippen LogP contribution < -0.4 is 15.4 Å². The molecule has 17 heavy (non-hydrogen) atoms. The van der Waals surface area contributed by atoms with E-state index in [1.807, 2.05) is 0 Å². The molecule has 1 amide bonds. The second-order valence-electron chi connectivity index (χ2n) is 3.38. The van der Waals surface area contributed by atoms with Crippen LogP contribution in [0.25, 0.3) is 0 Å². The SMILES string of the molecule is COc1cccc(C2N=C(NC#N)NC2=O)c1. The van der Waals surface area contributed by atoms with Gasteiger partial charge in [0.1, 0.15) is 5.75 Å². The molecular formula is C11H10N4O2. The van der Waals surface area contributed by atoms with E-state index in [2.05, 4.69) is 15.6 Å². The number of aliphatic imine (C=N–C) groups is 1. The summed E-state index contributed by atoms with van der Waals surface area (Å²) in [6.07, 6.45) is 1.70. The summed E-state index contributed by atoms with van der Waals surface area (Å²) >= 11 is 0. The molecule has 0 saturated carbocycles. The molecule has 0 radical (unpaired) electrons. The van der Waals surface area contributed by atoms with Gasteiger partial charge in [-0.1, -0.05) is 12.1 Å². The molecule has 0 bridgehead atoms. The molecule has 1 aromatic rings. The van der Waals surface area contributed by atoms with E-state index in [9.17, 15) is 4.79 Å². The number of ether oxygens (including phenoxy) is 1. The van der Waals surface area contributed by atoms with E-state index in [1.54, 1.807) is 37.6 Å². The van der Waals surface area contributed by atoms with E-state index in [0.717, 1.165) is 5.56 Å². The number of amides is 1. The van der Waals surface area contributed by atoms with Crippen molar-refractivity contribution >= 4 is 11.9 Å². The van der Waals surface area contributed by atoms with Gasteiger partial charge in [-0.3, -0.25) is 15.4 Å². The quantitative estimate of drug-likeness (QED) is 0.565. The number of rotatable bonds is 2. The fourth-order valence-electron chi connectivity index (χ4n) is 1.56. The van der Waals surface area contributed by atoms with Crippen molar-refractivity contribution in [1.82, 2.24) is 10.6 Å². The topological polar surface area (TPSA) is 86.5 Å². The third-order valence-electron chi connectivity index (χ3n) is 2.33. The van der Waals surface area contributed by atoms with Crippen molar-refractivity contribution in [2.24, 2.45) is 4.99 Å². The molecule has 0 fully saturated rings. The number of guanidine groups is 1. The van der Waals surface area contributed by atoms with E-state index in [0.29, 0.717) is 5.75 Å². The molecule has 1 unspecified atom stereocenters. The van der Waals surface area contributed by atoms with Crippen LogP contribution in [0.15, 0.2) is 29.3 Å². The van der Waals surface area contributed by atoms with Gasteiger partial charge in [-0.05, 0) is 17.7 Å². The van der Waals surface area contributed by atoms with Gasteiger partial charge < -0.3 is 4.74 Å². The number of benzene rings is 1. The summed E-state index contributed by atoms with van der Waals surface area (Å²) in [5.41, 5.74) is 0.719. The van der Waals surface area contributed by atoms with E-state index < -0.39 is 6.04 Å². The van der Waals surface area contributed by atoms with Gasteiger partial charge in [-0.25, -0.2) is 4.99 Å². The van der Waals surface area contributed by atoms with E-state index in [4.69, 9.17) is 10.00 Å². The molecule has 86 valence electrons. The maximum Gasteiger partial charge on any atom is 0.256 e. The van der Waals surface area contributed by atoms with Crippen LogP contribution >= 0.6 is 0 Å². The summed E-state index contributed by atoms with van der Waals surface area (Å²) in [6, 6.07) is 6.46. The lowest BCUT2D eigenvalue weighted by molar-refractivity contribution is -0.120. The minimum Gasteiger partial charge on any atom is -0.497 e. The average molecular weight is 230 g/mol. The lowest BCUT2D eigenvalue weighted by Gasteiger charge is -2.06. The molecule has 2 N–H and O–H groups in total. The highest BCUT2D eigenvalue weighted by Crippen LogP contribution is 2.24. The lowest BCUT2D eigenvalue weighted by atomic mass is 10.1. The highest BCUT2D eigenvalue weighted by Gasteiger charge is 2.27. The highest BCUT2D eigenvalue weighted by molar-refractivity contribution is 6.05. The number of hydrogen-bond acceptors (Lipinski definition) is 5. The van der Waals surface area contributed by atoms with Crippen molar-refractivity contribution in [1.29, 1.82) is 5.26 Å².